The number of hydrogen-bond donors (Lipinski definition) is 0. The van der Waals surface area contributed by atoms with E-state index >= 15 is 0 Å². The second kappa shape index (κ2) is 9.36. The van der Waals surface area contributed by atoms with Crippen LogP contribution in [-0.4, -0.2) is 36.3 Å². The van der Waals surface area contributed by atoms with Crippen LogP contribution in [0.3, 0.4) is 0 Å². The highest BCUT2D eigenvalue weighted by Crippen LogP contribution is 2.27. The van der Waals surface area contributed by atoms with E-state index in [1.165, 1.54) is 46.2 Å². The van der Waals surface area contributed by atoms with Crippen LogP contribution < -0.4 is 9.64 Å². The summed E-state index contributed by atoms with van der Waals surface area (Å²) in [5, 5.41) is 0.233. The third kappa shape index (κ3) is 4.89. The molecule has 0 N–H and O–H groups in total. The molecule has 0 radical (unpaired) electrons. The molecule has 0 spiro atoms. The van der Waals surface area contributed by atoms with Gasteiger partial charge in [0.05, 0.1) is 5.02 Å². The fraction of sp³-hybridized carbons (Fsp3) is 0.167. The molecule has 0 saturated carbocycles. The van der Waals surface area contributed by atoms with Crippen LogP contribution in [0.1, 0.15) is 15.9 Å². The van der Waals surface area contributed by atoms with Crippen LogP contribution in [0.5, 0.6) is 5.75 Å². The molecule has 1 heterocycles. The summed E-state index contributed by atoms with van der Waals surface area (Å²) in [5.41, 5.74) is 1.43. The topological polar surface area (TPSA) is 49.9 Å². The first kappa shape index (κ1) is 21.8. The van der Waals surface area contributed by atoms with Gasteiger partial charge in [-0.1, -0.05) is 29.8 Å². The maximum atomic E-state index is 13.5. The predicted molar refractivity (Wildman–Crippen MR) is 117 cm³/mol. The number of carbonyl (C=O) groups is 2. The summed E-state index contributed by atoms with van der Waals surface area (Å²) in [4.78, 5) is 28.3. The first-order valence-electron chi connectivity index (χ1n) is 9.93. The monoisotopic (exact) mass is 456 g/mol. The van der Waals surface area contributed by atoms with Crippen molar-refractivity contribution in [3.05, 3.63) is 94.5 Å². The van der Waals surface area contributed by atoms with Crippen molar-refractivity contribution in [1.82, 2.24) is 4.90 Å². The number of piperazine rings is 1. The molecule has 164 valence electrons. The second-order valence-corrected chi connectivity index (χ2v) is 7.72. The number of halogens is 3. The molecule has 1 aliphatic rings. The van der Waals surface area contributed by atoms with E-state index in [0.29, 0.717) is 29.1 Å². The number of carbonyl (C=O) groups excluding carboxylic acids is 2. The van der Waals surface area contributed by atoms with Gasteiger partial charge in [0.2, 0.25) is 5.91 Å². The Labute approximate surface area is 188 Å². The molecule has 0 atom stereocenters. The standard InChI is InChI=1S/C24H19ClF2N2O3/c25-21-12-17(7-8-22(21)32-15-16-3-1-4-18(26)11-16)24(31)28-9-10-29(23(30)14-28)20-6-2-5-19(27)13-20/h1-8,11-13H,9-10,14-15H2. The Bertz CT molecular complexity index is 1170. The van der Waals surface area contributed by atoms with Crippen molar-refractivity contribution in [3.63, 3.8) is 0 Å². The van der Waals surface area contributed by atoms with Gasteiger partial charge in [-0.2, -0.15) is 0 Å². The summed E-state index contributed by atoms with van der Waals surface area (Å²) in [5.74, 6) is -1.06. The summed E-state index contributed by atoms with van der Waals surface area (Å²) in [6.45, 7) is 0.569. The van der Waals surface area contributed by atoms with Crippen LogP contribution in [0.15, 0.2) is 66.7 Å². The molecule has 1 aliphatic heterocycles. The molecule has 3 aromatic rings. The van der Waals surface area contributed by atoms with Gasteiger partial charge in [-0.25, -0.2) is 8.78 Å². The highest BCUT2D eigenvalue weighted by atomic mass is 35.5. The Hall–Kier alpha value is -3.45. The van der Waals surface area contributed by atoms with Crippen molar-refractivity contribution >= 4 is 29.1 Å². The summed E-state index contributed by atoms with van der Waals surface area (Å²) in [6.07, 6.45) is 0. The number of nitrogens with zero attached hydrogens (tertiary/aromatic N) is 2. The van der Waals surface area contributed by atoms with Crippen molar-refractivity contribution in [1.29, 1.82) is 0 Å². The van der Waals surface area contributed by atoms with E-state index in [1.54, 1.807) is 30.3 Å². The molecule has 32 heavy (non-hydrogen) atoms. The average molecular weight is 457 g/mol. The Morgan fingerprint density at radius 1 is 0.969 bits per heavy atom. The smallest absolute Gasteiger partial charge is 0.254 e. The molecule has 4 rings (SSSR count). The van der Waals surface area contributed by atoms with Gasteiger partial charge < -0.3 is 14.5 Å². The van der Waals surface area contributed by atoms with E-state index in [0.717, 1.165) is 0 Å². The molecule has 1 fully saturated rings. The van der Waals surface area contributed by atoms with E-state index in [2.05, 4.69) is 0 Å². The minimum absolute atomic E-state index is 0.120. The van der Waals surface area contributed by atoms with Gasteiger partial charge in [-0.3, -0.25) is 9.59 Å². The van der Waals surface area contributed by atoms with Crippen LogP contribution in [0, 0.1) is 11.6 Å². The number of ether oxygens (including phenoxy) is 1. The Morgan fingerprint density at radius 2 is 1.72 bits per heavy atom. The Kier molecular flexibility index (Phi) is 6.37. The van der Waals surface area contributed by atoms with Gasteiger partial charge in [0.15, 0.2) is 0 Å². The molecule has 3 aromatic carbocycles. The highest BCUT2D eigenvalue weighted by Gasteiger charge is 2.29. The van der Waals surface area contributed by atoms with Crippen LogP contribution in [0.25, 0.3) is 0 Å². The first-order valence-corrected chi connectivity index (χ1v) is 10.3. The zero-order valence-electron chi connectivity index (χ0n) is 16.9. The Morgan fingerprint density at radius 3 is 2.41 bits per heavy atom. The van der Waals surface area contributed by atoms with Crippen molar-refractivity contribution in [2.24, 2.45) is 0 Å². The number of anilines is 1. The lowest BCUT2D eigenvalue weighted by molar-refractivity contribution is -0.120. The predicted octanol–water partition coefficient (Wildman–Crippen LogP) is 4.69. The van der Waals surface area contributed by atoms with Crippen LogP contribution in [-0.2, 0) is 11.4 Å². The summed E-state index contributed by atoms with van der Waals surface area (Å²) in [7, 11) is 0. The number of rotatable bonds is 5. The van der Waals surface area contributed by atoms with Crippen LogP contribution >= 0.6 is 11.6 Å². The second-order valence-electron chi connectivity index (χ2n) is 7.32. The van der Waals surface area contributed by atoms with Crippen molar-refractivity contribution in [2.45, 2.75) is 6.61 Å². The van der Waals surface area contributed by atoms with Gasteiger partial charge in [-0.05, 0) is 54.1 Å². The number of amides is 2. The molecule has 5 nitrogen and oxygen atoms in total. The normalized spacial score (nSPS) is 13.9. The molecule has 1 saturated heterocycles. The van der Waals surface area contributed by atoms with E-state index in [1.807, 2.05) is 0 Å². The Balaban J connectivity index is 1.40. The van der Waals surface area contributed by atoms with Gasteiger partial charge in [-0.15, -0.1) is 0 Å². The molecule has 0 aromatic heterocycles. The molecular formula is C24H19ClF2N2O3. The number of hydrogen-bond acceptors (Lipinski definition) is 3. The minimum atomic E-state index is -0.428. The first-order chi connectivity index (χ1) is 15.4. The summed E-state index contributed by atoms with van der Waals surface area (Å²) >= 11 is 6.28. The van der Waals surface area contributed by atoms with Gasteiger partial charge in [0.25, 0.3) is 5.91 Å². The summed E-state index contributed by atoms with van der Waals surface area (Å²) < 4.78 is 32.4. The van der Waals surface area contributed by atoms with Crippen molar-refractivity contribution in [3.8, 4) is 5.75 Å². The molecular weight excluding hydrogens is 438 g/mol. The lowest BCUT2D eigenvalue weighted by Gasteiger charge is -2.34. The minimum Gasteiger partial charge on any atom is -0.487 e. The van der Waals surface area contributed by atoms with E-state index in [9.17, 15) is 18.4 Å². The quantitative estimate of drug-likeness (QED) is 0.560. The third-order valence-corrected chi connectivity index (χ3v) is 5.39. The van der Waals surface area contributed by atoms with E-state index < -0.39 is 5.82 Å². The average Bonchev–Trinajstić information content (AvgIpc) is 2.77. The van der Waals surface area contributed by atoms with Crippen LogP contribution in [0.2, 0.25) is 5.02 Å². The fourth-order valence-electron chi connectivity index (χ4n) is 3.48. The lowest BCUT2D eigenvalue weighted by atomic mass is 10.1. The highest BCUT2D eigenvalue weighted by molar-refractivity contribution is 6.32. The van der Waals surface area contributed by atoms with Crippen LogP contribution in [0.4, 0.5) is 14.5 Å². The lowest BCUT2D eigenvalue weighted by Crippen LogP contribution is -2.52. The van der Waals surface area contributed by atoms with Crippen molar-refractivity contribution in [2.75, 3.05) is 24.5 Å². The molecule has 0 unspecified atom stereocenters. The van der Waals surface area contributed by atoms with E-state index in [-0.39, 0.29) is 42.4 Å². The molecule has 0 aliphatic carbocycles. The van der Waals surface area contributed by atoms with E-state index in [4.69, 9.17) is 16.3 Å². The molecule has 8 heteroatoms. The van der Waals surface area contributed by atoms with Crippen molar-refractivity contribution < 1.29 is 23.1 Å². The zero-order valence-corrected chi connectivity index (χ0v) is 17.7. The largest absolute Gasteiger partial charge is 0.487 e. The summed E-state index contributed by atoms with van der Waals surface area (Å²) in [6, 6.07) is 16.4. The van der Waals surface area contributed by atoms with Gasteiger partial charge in [0.1, 0.15) is 30.5 Å². The maximum Gasteiger partial charge on any atom is 0.254 e. The maximum absolute atomic E-state index is 13.5. The van der Waals surface area contributed by atoms with Gasteiger partial charge in [0, 0.05) is 24.3 Å². The van der Waals surface area contributed by atoms with Gasteiger partial charge >= 0.3 is 0 Å². The SMILES string of the molecule is O=C(c1ccc(OCc2cccc(F)c2)c(Cl)c1)N1CCN(c2cccc(F)c2)C(=O)C1. The molecule has 0 bridgehead atoms. The number of benzene rings is 3. The fourth-order valence-corrected chi connectivity index (χ4v) is 3.72. The zero-order chi connectivity index (χ0) is 22.7. The molecule has 2 amide bonds. The third-order valence-electron chi connectivity index (χ3n) is 5.09.